The maximum Gasteiger partial charge on any atom is 0.222 e. The summed E-state index contributed by atoms with van der Waals surface area (Å²) in [7, 11) is 1.60. The number of anilines is 1. The zero-order valence-electron chi connectivity index (χ0n) is 11.1. The van der Waals surface area contributed by atoms with E-state index in [1.54, 1.807) is 7.11 Å². The number of carbonyl (C=O) groups excluding carboxylic acids is 1. The highest BCUT2D eigenvalue weighted by molar-refractivity contribution is 6.30. The van der Waals surface area contributed by atoms with Crippen molar-refractivity contribution in [2.45, 2.75) is 18.9 Å². The molecule has 0 aliphatic carbocycles. The predicted octanol–water partition coefficient (Wildman–Crippen LogP) is 2.07. The zero-order chi connectivity index (χ0) is 13.7. The van der Waals surface area contributed by atoms with Crippen molar-refractivity contribution in [2.75, 3.05) is 31.7 Å². The maximum atomic E-state index is 11.6. The molecule has 0 unspecified atom stereocenters. The van der Waals surface area contributed by atoms with Gasteiger partial charge in [-0.25, -0.2) is 0 Å². The number of benzene rings is 1. The first-order chi connectivity index (χ1) is 9.19. The van der Waals surface area contributed by atoms with Crippen LogP contribution in [0.4, 0.5) is 5.69 Å². The van der Waals surface area contributed by atoms with E-state index in [2.05, 4.69) is 10.2 Å². The monoisotopic (exact) mass is 282 g/mol. The molecule has 1 aromatic carbocycles. The van der Waals surface area contributed by atoms with Gasteiger partial charge in [-0.1, -0.05) is 11.6 Å². The van der Waals surface area contributed by atoms with Crippen LogP contribution in [0.1, 0.15) is 12.8 Å². The highest BCUT2D eigenvalue weighted by Crippen LogP contribution is 2.22. The molecular weight excluding hydrogens is 264 g/mol. The van der Waals surface area contributed by atoms with Crippen LogP contribution in [0, 0.1) is 0 Å². The molecule has 1 atom stereocenters. The van der Waals surface area contributed by atoms with Crippen LogP contribution in [0.5, 0.6) is 0 Å². The minimum absolute atomic E-state index is 0.0600. The van der Waals surface area contributed by atoms with E-state index in [0.29, 0.717) is 13.0 Å². The average Bonchev–Trinajstić information content (AvgIpc) is 2.85. The standard InChI is InChI=1S/C14H19ClN2O2/c1-19-9-7-14(18)16-12-6-8-17(10-12)13-4-2-11(15)3-5-13/h2-5,12H,6-10H2,1H3,(H,16,18)/t12-/m1/s1. The molecule has 0 spiro atoms. The van der Waals surface area contributed by atoms with Gasteiger partial charge in [0.25, 0.3) is 0 Å². The van der Waals surface area contributed by atoms with E-state index in [1.165, 1.54) is 0 Å². The first-order valence-corrected chi connectivity index (χ1v) is 6.85. The Hall–Kier alpha value is -1.26. The zero-order valence-corrected chi connectivity index (χ0v) is 11.8. The number of methoxy groups -OCH3 is 1. The molecular formula is C14H19ClN2O2. The lowest BCUT2D eigenvalue weighted by atomic mass is 10.2. The van der Waals surface area contributed by atoms with Crippen molar-refractivity contribution in [1.82, 2.24) is 5.32 Å². The second-order valence-corrected chi connectivity index (χ2v) is 5.15. The predicted molar refractivity (Wildman–Crippen MR) is 76.7 cm³/mol. The van der Waals surface area contributed by atoms with Crippen LogP contribution < -0.4 is 10.2 Å². The smallest absolute Gasteiger partial charge is 0.222 e. The highest BCUT2D eigenvalue weighted by atomic mass is 35.5. The Morgan fingerprint density at radius 3 is 2.89 bits per heavy atom. The summed E-state index contributed by atoms with van der Waals surface area (Å²) in [4.78, 5) is 13.9. The molecule has 5 heteroatoms. The largest absolute Gasteiger partial charge is 0.384 e. The van der Waals surface area contributed by atoms with Gasteiger partial charge in [0.1, 0.15) is 0 Å². The second kappa shape index (κ2) is 6.78. The van der Waals surface area contributed by atoms with Gasteiger partial charge in [0.2, 0.25) is 5.91 Å². The fourth-order valence-corrected chi connectivity index (χ4v) is 2.39. The van der Waals surface area contributed by atoms with Crippen LogP contribution >= 0.6 is 11.6 Å². The van der Waals surface area contributed by atoms with E-state index in [4.69, 9.17) is 16.3 Å². The minimum Gasteiger partial charge on any atom is -0.384 e. The molecule has 1 fully saturated rings. The fraction of sp³-hybridized carbons (Fsp3) is 0.500. The van der Waals surface area contributed by atoms with Gasteiger partial charge in [-0.2, -0.15) is 0 Å². The Kier molecular flexibility index (Phi) is 5.05. The molecule has 1 saturated heterocycles. The van der Waals surface area contributed by atoms with Crippen LogP contribution in [-0.4, -0.2) is 38.8 Å². The number of amides is 1. The summed E-state index contributed by atoms with van der Waals surface area (Å²) in [6, 6.07) is 8.03. The number of ether oxygens (including phenoxy) is 1. The molecule has 1 aliphatic heterocycles. The Bertz CT molecular complexity index is 422. The van der Waals surface area contributed by atoms with E-state index < -0.39 is 0 Å². The first-order valence-electron chi connectivity index (χ1n) is 6.48. The summed E-state index contributed by atoms with van der Waals surface area (Å²) in [5.41, 5.74) is 1.15. The van der Waals surface area contributed by atoms with Crippen molar-refractivity contribution in [1.29, 1.82) is 0 Å². The van der Waals surface area contributed by atoms with Crippen LogP contribution in [0.3, 0.4) is 0 Å². The van der Waals surface area contributed by atoms with Crippen molar-refractivity contribution in [3.63, 3.8) is 0 Å². The fourth-order valence-electron chi connectivity index (χ4n) is 2.26. The summed E-state index contributed by atoms with van der Waals surface area (Å²) in [6.45, 7) is 2.27. The van der Waals surface area contributed by atoms with Crippen LogP contribution in [0.25, 0.3) is 0 Å². The lowest BCUT2D eigenvalue weighted by molar-refractivity contribution is -0.122. The third kappa shape index (κ3) is 4.11. The summed E-state index contributed by atoms with van der Waals surface area (Å²) in [5.74, 6) is 0.0600. The van der Waals surface area contributed by atoms with Gasteiger partial charge in [-0.15, -0.1) is 0 Å². The summed E-state index contributed by atoms with van der Waals surface area (Å²) in [6.07, 6.45) is 1.40. The molecule has 104 valence electrons. The van der Waals surface area contributed by atoms with Gasteiger partial charge < -0.3 is 15.0 Å². The van der Waals surface area contributed by atoms with Crippen LogP contribution in [-0.2, 0) is 9.53 Å². The summed E-state index contributed by atoms with van der Waals surface area (Å²) >= 11 is 5.88. The van der Waals surface area contributed by atoms with Crippen LogP contribution in [0.15, 0.2) is 24.3 Å². The third-order valence-electron chi connectivity index (χ3n) is 3.28. The van der Waals surface area contributed by atoms with E-state index >= 15 is 0 Å². The topological polar surface area (TPSA) is 41.6 Å². The number of nitrogens with one attached hydrogen (secondary N) is 1. The molecule has 1 aliphatic rings. The van der Waals surface area contributed by atoms with Gasteiger partial charge in [-0.05, 0) is 30.7 Å². The van der Waals surface area contributed by atoms with Gasteiger partial charge >= 0.3 is 0 Å². The first kappa shape index (κ1) is 14.2. The molecule has 19 heavy (non-hydrogen) atoms. The van der Waals surface area contributed by atoms with Gasteiger partial charge in [0.15, 0.2) is 0 Å². The van der Waals surface area contributed by atoms with Gasteiger partial charge in [-0.3, -0.25) is 4.79 Å². The van der Waals surface area contributed by atoms with E-state index in [-0.39, 0.29) is 11.9 Å². The SMILES string of the molecule is COCCC(=O)N[C@@H]1CCN(c2ccc(Cl)cc2)C1. The number of halogens is 1. The van der Waals surface area contributed by atoms with Crippen molar-refractivity contribution >= 4 is 23.2 Å². The van der Waals surface area contributed by atoms with Crippen molar-refractivity contribution in [3.8, 4) is 0 Å². The Labute approximate surface area is 118 Å². The molecule has 1 aromatic rings. The third-order valence-corrected chi connectivity index (χ3v) is 3.53. The van der Waals surface area contributed by atoms with Crippen molar-refractivity contribution < 1.29 is 9.53 Å². The lowest BCUT2D eigenvalue weighted by Gasteiger charge is -2.19. The quantitative estimate of drug-likeness (QED) is 0.899. The Morgan fingerprint density at radius 2 is 2.21 bits per heavy atom. The molecule has 0 saturated carbocycles. The number of rotatable bonds is 5. The normalized spacial score (nSPS) is 18.6. The van der Waals surface area contributed by atoms with Crippen LogP contribution in [0.2, 0.25) is 5.02 Å². The summed E-state index contributed by atoms with van der Waals surface area (Å²) in [5, 5.41) is 3.78. The second-order valence-electron chi connectivity index (χ2n) is 4.72. The molecule has 2 rings (SSSR count). The van der Waals surface area contributed by atoms with Crippen molar-refractivity contribution in [3.05, 3.63) is 29.3 Å². The van der Waals surface area contributed by atoms with E-state index in [1.807, 2.05) is 24.3 Å². The molecule has 1 N–H and O–H groups in total. The van der Waals surface area contributed by atoms with E-state index in [0.717, 1.165) is 30.2 Å². The number of hydrogen-bond acceptors (Lipinski definition) is 3. The summed E-state index contributed by atoms with van der Waals surface area (Å²) < 4.78 is 4.89. The number of carbonyl (C=O) groups is 1. The molecule has 0 bridgehead atoms. The highest BCUT2D eigenvalue weighted by Gasteiger charge is 2.23. The molecule has 1 amide bonds. The maximum absolute atomic E-state index is 11.6. The molecule has 1 heterocycles. The molecule has 0 aromatic heterocycles. The minimum atomic E-state index is 0.0600. The van der Waals surface area contributed by atoms with E-state index in [9.17, 15) is 4.79 Å². The Balaban J connectivity index is 1.83. The van der Waals surface area contributed by atoms with Crippen molar-refractivity contribution in [2.24, 2.45) is 0 Å². The molecule has 4 nitrogen and oxygen atoms in total. The number of hydrogen-bond donors (Lipinski definition) is 1. The van der Waals surface area contributed by atoms with Gasteiger partial charge in [0, 0.05) is 43.4 Å². The van der Waals surface area contributed by atoms with Gasteiger partial charge in [0.05, 0.1) is 6.61 Å². The molecule has 0 radical (unpaired) electrons. The average molecular weight is 283 g/mol. The lowest BCUT2D eigenvalue weighted by Crippen LogP contribution is -2.37. The Morgan fingerprint density at radius 1 is 1.47 bits per heavy atom. The number of nitrogens with zero attached hydrogens (tertiary/aromatic N) is 1.